The van der Waals surface area contributed by atoms with Gasteiger partial charge < -0.3 is 14.8 Å². The number of amides is 1. The molecule has 7 heteroatoms. The number of benzene rings is 1. The van der Waals surface area contributed by atoms with Crippen molar-refractivity contribution in [3.63, 3.8) is 0 Å². The Balaban J connectivity index is 2.43. The van der Waals surface area contributed by atoms with E-state index in [-0.39, 0.29) is 11.4 Å². The van der Waals surface area contributed by atoms with Gasteiger partial charge in [0.2, 0.25) is 5.91 Å². The highest BCUT2D eigenvalue weighted by Gasteiger charge is 2.11. The van der Waals surface area contributed by atoms with E-state index in [0.717, 1.165) is 5.56 Å². The van der Waals surface area contributed by atoms with Gasteiger partial charge in [-0.25, -0.2) is 0 Å². The topological polar surface area (TPSA) is 71.6 Å². The van der Waals surface area contributed by atoms with Crippen molar-refractivity contribution in [3.8, 4) is 11.5 Å². The number of nitrogens with one attached hydrogen (secondary N) is 3. The quantitative estimate of drug-likeness (QED) is 0.562. The lowest BCUT2D eigenvalue weighted by Gasteiger charge is -2.23. The number of thiocarbonyl (C=S) groups is 1. The van der Waals surface area contributed by atoms with E-state index >= 15 is 0 Å². The van der Waals surface area contributed by atoms with Crippen molar-refractivity contribution in [1.29, 1.82) is 0 Å². The first-order chi connectivity index (χ1) is 10.7. The van der Waals surface area contributed by atoms with Gasteiger partial charge in [0, 0.05) is 12.0 Å². The molecule has 0 aromatic heterocycles. The van der Waals surface area contributed by atoms with Crippen LogP contribution < -0.4 is 25.6 Å². The number of carbonyl (C=O) groups is 1. The van der Waals surface area contributed by atoms with Gasteiger partial charge in [0.25, 0.3) is 0 Å². The van der Waals surface area contributed by atoms with Crippen LogP contribution in [-0.4, -0.2) is 30.8 Å². The predicted molar refractivity (Wildman–Crippen MR) is 94.6 cm³/mol. The summed E-state index contributed by atoms with van der Waals surface area (Å²) >= 11 is 5.09. The molecule has 0 aliphatic carbocycles. The van der Waals surface area contributed by atoms with Gasteiger partial charge in [-0.2, -0.15) is 0 Å². The van der Waals surface area contributed by atoms with E-state index in [1.807, 2.05) is 39.0 Å². The maximum atomic E-state index is 11.8. The van der Waals surface area contributed by atoms with Gasteiger partial charge >= 0.3 is 0 Å². The Morgan fingerprint density at radius 2 is 1.78 bits per heavy atom. The SMILES string of the molecule is COc1ccc(CCC(=O)NNC(=S)NC(C)(C)C)cc1OC. The lowest BCUT2D eigenvalue weighted by Crippen LogP contribution is -2.52. The molecule has 1 aromatic rings. The number of hydrogen-bond donors (Lipinski definition) is 3. The molecule has 0 saturated carbocycles. The highest BCUT2D eigenvalue weighted by molar-refractivity contribution is 7.80. The minimum absolute atomic E-state index is 0.141. The fraction of sp³-hybridized carbons (Fsp3) is 0.500. The Kier molecular flexibility index (Phi) is 7.09. The summed E-state index contributed by atoms with van der Waals surface area (Å²) in [7, 11) is 3.17. The predicted octanol–water partition coefficient (Wildman–Crippen LogP) is 1.93. The van der Waals surface area contributed by atoms with Crippen molar-refractivity contribution in [2.45, 2.75) is 39.2 Å². The fourth-order valence-electron chi connectivity index (χ4n) is 1.85. The van der Waals surface area contributed by atoms with Crippen LogP contribution in [-0.2, 0) is 11.2 Å². The van der Waals surface area contributed by atoms with Crippen molar-refractivity contribution < 1.29 is 14.3 Å². The molecule has 0 fully saturated rings. The highest BCUT2D eigenvalue weighted by atomic mass is 32.1. The minimum atomic E-state index is -0.158. The molecule has 0 saturated heterocycles. The lowest BCUT2D eigenvalue weighted by atomic mass is 10.1. The summed E-state index contributed by atoms with van der Waals surface area (Å²) in [6.45, 7) is 5.96. The highest BCUT2D eigenvalue weighted by Crippen LogP contribution is 2.27. The molecular weight excluding hydrogens is 314 g/mol. The van der Waals surface area contributed by atoms with E-state index < -0.39 is 0 Å². The van der Waals surface area contributed by atoms with Crippen molar-refractivity contribution in [3.05, 3.63) is 23.8 Å². The molecule has 6 nitrogen and oxygen atoms in total. The molecule has 0 spiro atoms. The zero-order valence-corrected chi connectivity index (χ0v) is 15.1. The molecule has 0 aliphatic heterocycles. The molecule has 1 rings (SSSR count). The molecule has 0 atom stereocenters. The van der Waals surface area contributed by atoms with E-state index in [2.05, 4.69) is 16.2 Å². The van der Waals surface area contributed by atoms with Crippen molar-refractivity contribution >= 4 is 23.2 Å². The van der Waals surface area contributed by atoms with Gasteiger partial charge in [0.1, 0.15) is 0 Å². The largest absolute Gasteiger partial charge is 0.493 e. The average Bonchev–Trinajstić information content (AvgIpc) is 2.48. The number of rotatable bonds is 5. The smallest absolute Gasteiger partial charge is 0.238 e. The Bertz CT molecular complexity index is 556. The maximum absolute atomic E-state index is 11.8. The van der Waals surface area contributed by atoms with Crippen LogP contribution in [0, 0.1) is 0 Å². The normalized spacial score (nSPS) is 10.7. The Morgan fingerprint density at radius 3 is 2.35 bits per heavy atom. The summed E-state index contributed by atoms with van der Waals surface area (Å²) in [6, 6.07) is 5.60. The summed E-state index contributed by atoms with van der Waals surface area (Å²) in [4.78, 5) is 11.8. The molecule has 1 amide bonds. The van der Waals surface area contributed by atoms with Crippen LogP contribution in [0.5, 0.6) is 11.5 Å². The molecule has 0 aliphatic rings. The lowest BCUT2D eigenvalue weighted by molar-refractivity contribution is -0.121. The Hall–Kier alpha value is -2.02. The molecule has 0 radical (unpaired) electrons. The number of hydrazine groups is 1. The molecule has 1 aromatic carbocycles. The third-order valence-electron chi connectivity index (χ3n) is 2.89. The van der Waals surface area contributed by atoms with E-state index in [1.54, 1.807) is 14.2 Å². The van der Waals surface area contributed by atoms with Crippen molar-refractivity contribution in [1.82, 2.24) is 16.2 Å². The van der Waals surface area contributed by atoms with Crippen molar-refractivity contribution in [2.24, 2.45) is 0 Å². The Morgan fingerprint density at radius 1 is 1.13 bits per heavy atom. The molecule has 0 bridgehead atoms. The number of carbonyl (C=O) groups excluding carboxylic acids is 1. The molecule has 128 valence electrons. The van der Waals surface area contributed by atoms with Crippen LogP contribution in [0.1, 0.15) is 32.8 Å². The number of hydrogen-bond acceptors (Lipinski definition) is 4. The van der Waals surface area contributed by atoms with Crippen LogP contribution in [0.15, 0.2) is 18.2 Å². The first-order valence-corrected chi connectivity index (χ1v) is 7.74. The van der Waals surface area contributed by atoms with Crippen LogP contribution in [0.4, 0.5) is 0 Å². The van der Waals surface area contributed by atoms with E-state index in [0.29, 0.717) is 29.5 Å². The second-order valence-corrected chi connectivity index (χ2v) is 6.47. The third-order valence-corrected chi connectivity index (χ3v) is 3.10. The van der Waals surface area contributed by atoms with Crippen LogP contribution in [0.3, 0.4) is 0 Å². The van der Waals surface area contributed by atoms with Crippen molar-refractivity contribution in [2.75, 3.05) is 14.2 Å². The van der Waals surface area contributed by atoms with Gasteiger partial charge in [0.05, 0.1) is 14.2 Å². The first kappa shape index (κ1) is 19.0. The van der Waals surface area contributed by atoms with Gasteiger partial charge in [-0.15, -0.1) is 0 Å². The summed E-state index contributed by atoms with van der Waals surface area (Å²) in [5, 5.41) is 3.44. The van der Waals surface area contributed by atoms with E-state index in [1.165, 1.54) is 0 Å². The molecule has 3 N–H and O–H groups in total. The van der Waals surface area contributed by atoms with E-state index in [4.69, 9.17) is 21.7 Å². The van der Waals surface area contributed by atoms with Gasteiger partial charge in [-0.05, 0) is 57.1 Å². The van der Waals surface area contributed by atoms with Gasteiger partial charge in [-0.1, -0.05) is 6.07 Å². The molecule has 23 heavy (non-hydrogen) atoms. The van der Waals surface area contributed by atoms with Crippen LogP contribution in [0.25, 0.3) is 0 Å². The molecule has 0 unspecified atom stereocenters. The van der Waals surface area contributed by atoms with Crippen LogP contribution >= 0.6 is 12.2 Å². The second-order valence-electron chi connectivity index (χ2n) is 6.07. The molecular formula is C16H25N3O3S. The molecule has 0 heterocycles. The van der Waals surface area contributed by atoms with E-state index in [9.17, 15) is 4.79 Å². The number of methoxy groups -OCH3 is 2. The number of aryl methyl sites for hydroxylation is 1. The maximum Gasteiger partial charge on any atom is 0.238 e. The summed E-state index contributed by atoms with van der Waals surface area (Å²) in [5.41, 5.74) is 6.11. The summed E-state index contributed by atoms with van der Waals surface area (Å²) in [6.07, 6.45) is 0.925. The zero-order valence-electron chi connectivity index (χ0n) is 14.3. The third kappa shape index (κ3) is 7.19. The van der Waals surface area contributed by atoms with Gasteiger partial charge in [-0.3, -0.25) is 15.6 Å². The van der Waals surface area contributed by atoms with Gasteiger partial charge in [0.15, 0.2) is 16.6 Å². The average molecular weight is 339 g/mol. The second kappa shape index (κ2) is 8.57. The standard InChI is InChI=1S/C16H25N3O3S/c1-16(2,3)17-15(23)19-18-14(20)9-7-11-6-8-12(21-4)13(10-11)22-5/h6,8,10H,7,9H2,1-5H3,(H,18,20)(H2,17,19,23). The fourth-order valence-corrected chi connectivity index (χ4v) is 2.21. The van der Waals surface area contributed by atoms with Crippen LogP contribution in [0.2, 0.25) is 0 Å². The zero-order chi connectivity index (χ0) is 17.5. The summed E-state index contributed by atoms with van der Waals surface area (Å²) < 4.78 is 10.4. The monoisotopic (exact) mass is 339 g/mol. The number of ether oxygens (including phenoxy) is 2. The minimum Gasteiger partial charge on any atom is -0.493 e. The summed E-state index contributed by atoms with van der Waals surface area (Å²) in [5.74, 6) is 1.18. The first-order valence-electron chi connectivity index (χ1n) is 7.33. The Labute approximate surface area is 142 Å².